The lowest BCUT2D eigenvalue weighted by molar-refractivity contribution is -0.131. The average molecular weight is 215 g/mol. The van der Waals surface area contributed by atoms with Gasteiger partial charge >= 0.3 is 0 Å². The smallest absolute Gasteiger partial charge is 0.249 e. The van der Waals surface area contributed by atoms with Crippen LogP contribution >= 0.6 is 0 Å². The van der Waals surface area contributed by atoms with Crippen LogP contribution in [0.2, 0.25) is 0 Å². The molecule has 0 saturated carbocycles. The number of carbonyl (C=O) groups is 1. The van der Waals surface area contributed by atoms with Crippen LogP contribution < -0.4 is 5.32 Å². The van der Waals surface area contributed by atoms with E-state index in [4.69, 9.17) is 9.84 Å². The number of nitrogens with one attached hydrogen (secondary N) is 1. The zero-order valence-corrected chi connectivity index (χ0v) is 9.53. The van der Waals surface area contributed by atoms with Gasteiger partial charge < -0.3 is 15.2 Å². The lowest BCUT2D eigenvalue weighted by atomic mass is 10.0. The maximum absolute atomic E-state index is 11.6. The Morgan fingerprint density at radius 2 is 2.33 bits per heavy atom. The molecule has 15 heavy (non-hydrogen) atoms. The third kappa shape index (κ3) is 4.18. The maximum atomic E-state index is 11.6. The van der Waals surface area contributed by atoms with E-state index in [0.717, 1.165) is 19.3 Å². The lowest BCUT2D eigenvalue weighted by Gasteiger charge is -2.20. The first-order chi connectivity index (χ1) is 7.13. The van der Waals surface area contributed by atoms with E-state index >= 15 is 0 Å². The van der Waals surface area contributed by atoms with Crippen LogP contribution in [0.1, 0.15) is 33.1 Å². The molecule has 1 aliphatic heterocycles. The predicted molar refractivity (Wildman–Crippen MR) is 57.4 cm³/mol. The number of aliphatic hydroxyl groups excluding tert-OH is 1. The summed E-state index contributed by atoms with van der Waals surface area (Å²) < 4.78 is 5.27. The zero-order valence-electron chi connectivity index (χ0n) is 9.53. The molecule has 88 valence electrons. The summed E-state index contributed by atoms with van der Waals surface area (Å²) in [6.45, 7) is 4.81. The summed E-state index contributed by atoms with van der Waals surface area (Å²) in [6, 6.07) is -0.137. The van der Waals surface area contributed by atoms with E-state index in [1.807, 2.05) is 0 Å². The summed E-state index contributed by atoms with van der Waals surface area (Å²) in [5.41, 5.74) is 0. The second-order valence-corrected chi connectivity index (χ2v) is 4.52. The summed E-state index contributed by atoms with van der Waals surface area (Å²) in [7, 11) is 0. The molecule has 0 aromatic rings. The summed E-state index contributed by atoms with van der Waals surface area (Å²) >= 11 is 0. The molecule has 0 aromatic carbocycles. The van der Waals surface area contributed by atoms with Gasteiger partial charge in [-0.3, -0.25) is 4.79 Å². The molecule has 4 nitrogen and oxygen atoms in total. The Kier molecular flexibility index (Phi) is 5.05. The van der Waals surface area contributed by atoms with Gasteiger partial charge in [-0.2, -0.15) is 0 Å². The van der Waals surface area contributed by atoms with Crippen molar-refractivity contribution in [3.63, 3.8) is 0 Å². The van der Waals surface area contributed by atoms with Gasteiger partial charge in [0.25, 0.3) is 0 Å². The number of amides is 1. The van der Waals surface area contributed by atoms with E-state index in [1.165, 1.54) is 0 Å². The highest BCUT2D eigenvalue weighted by molar-refractivity contribution is 5.81. The first-order valence-electron chi connectivity index (χ1n) is 5.66. The molecule has 1 unspecified atom stereocenters. The van der Waals surface area contributed by atoms with E-state index in [1.54, 1.807) is 0 Å². The Morgan fingerprint density at radius 3 is 2.80 bits per heavy atom. The summed E-state index contributed by atoms with van der Waals surface area (Å²) in [4.78, 5) is 11.6. The van der Waals surface area contributed by atoms with Gasteiger partial charge in [-0.1, -0.05) is 13.8 Å². The van der Waals surface area contributed by atoms with E-state index in [9.17, 15) is 4.79 Å². The van der Waals surface area contributed by atoms with Crippen LogP contribution in [0.3, 0.4) is 0 Å². The molecule has 2 atom stereocenters. The van der Waals surface area contributed by atoms with Crippen molar-refractivity contribution >= 4 is 5.91 Å². The van der Waals surface area contributed by atoms with Crippen molar-refractivity contribution in [2.75, 3.05) is 13.2 Å². The molecular weight excluding hydrogens is 194 g/mol. The van der Waals surface area contributed by atoms with Crippen LogP contribution in [0.25, 0.3) is 0 Å². The van der Waals surface area contributed by atoms with Crippen LogP contribution in [0.5, 0.6) is 0 Å². The van der Waals surface area contributed by atoms with Gasteiger partial charge in [-0.15, -0.1) is 0 Å². The van der Waals surface area contributed by atoms with Crippen LogP contribution in [-0.2, 0) is 9.53 Å². The maximum Gasteiger partial charge on any atom is 0.249 e. The molecule has 1 saturated heterocycles. The van der Waals surface area contributed by atoms with Gasteiger partial charge in [-0.25, -0.2) is 0 Å². The minimum Gasteiger partial charge on any atom is -0.394 e. The fraction of sp³-hybridized carbons (Fsp3) is 0.909. The van der Waals surface area contributed by atoms with Crippen molar-refractivity contribution in [1.82, 2.24) is 5.32 Å². The number of hydrogen-bond donors (Lipinski definition) is 2. The normalized spacial score (nSPS) is 23.1. The van der Waals surface area contributed by atoms with Gasteiger partial charge in [0, 0.05) is 6.61 Å². The molecule has 0 spiro atoms. The van der Waals surface area contributed by atoms with Gasteiger partial charge in [0.1, 0.15) is 6.10 Å². The van der Waals surface area contributed by atoms with Crippen molar-refractivity contribution in [2.24, 2.45) is 5.92 Å². The fourth-order valence-corrected chi connectivity index (χ4v) is 1.83. The second kappa shape index (κ2) is 6.08. The number of ether oxygens (including phenoxy) is 1. The number of carbonyl (C=O) groups excluding carboxylic acids is 1. The Bertz CT molecular complexity index is 200. The van der Waals surface area contributed by atoms with Gasteiger partial charge in [0.15, 0.2) is 0 Å². The highest BCUT2D eigenvalue weighted by atomic mass is 16.5. The lowest BCUT2D eigenvalue weighted by Crippen LogP contribution is -2.43. The zero-order chi connectivity index (χ0) is 11.3. The van der Waals surface area contributed by atoms with Crippen molar-refractivity contribution in [1.29, 1.82) is 0 Å². The SMILES string of the molecule is CC(C)CC(CO)NC(=O)[C@H]1CCCO1. The molecule has 1 amide bonds. The molecular formula is C11H21NO3. The van der Waals surface area contributed by atoms with Crippen LogP contribution in [0, 0.1) is 5.92 Å². The van der Waals surface area contributed by atoms with Gasteiger partial charge in [-0.05, 0) is 25.2 Å². The monoisotopic (exact) mass is 215 g/mol. The van der Waals surface area contributed by atoms with Crippen LogP contribution in [-0.4, -0.2) is 36.4 Å². The van der Waals surface area contributed by atoms with Gasteiger partial charge in [0.2, 0.25) is 5.91 Å². The summed E-state index contributed by atoms with van der Waals surface area (Å²) in [5.74, 6) is 0.388. The van der Waals surface area contributed by atoms with E-state index < -0.39 is 0 Å². The number of rotatable bonds is 5. The van der Waals surface area contributed by atoms with E-state index in [2.05, 4.69) is 19.2 Å². The first kappa shape index (κ1) is 12.5. The first-order valence-corrected chi connectivity index (χ1v) is 5.66. The fourth-order valence-electron chi connectivity index (χ4n) is 1.83. The van der Waals surface area contributed by atoms with E-state index in [-0.39, 0.29) is 24.7 Å². The highest BCUT2D eigenvalue weighted by Crippen LogP contribution is 2.13. The quantitative estimate of drug-likeness (QED) is 0.709. The topological polar surface area (TPSA) is 58.6 Å². The minimum atomic E-state index is -0.300. The molecule has 4 heteroatoms. The van der Waals surface area contributed by atoms with Gasteiger partial charge in [0.05, 0.1) is 12.6 Å². The molecule has 2 N–H and O–H groups in total. The van der Waals surface area contributed by atoms with Crippen LogP contribution in [0.4, 0.5) is 0 Å². The number of hydrogen-bond acceptors (Lipinski definition) is 3. The molecule has 1 aliphatic rings. The van der Waals surface area contributed by atoms with Crippen LogP contribution in [0.15, 0.2) is 0 Å². The minimum absolute atomic E-state index is 0.00333. The van der Waals surface area contributed by atoms with E-state index in [0.29, 0.717) is 12.5 Å². The Balaban J connectivity index is 2.33. The molecule has 1 heterocycles. The largest absolute Gasteiger partial charge is 0.394 e. The third-order valence-corrected chi connectivity index (χ3v) is 2.54. The highest BCUT2D eigenvalue weighted by Gasteiger charge is 2.25. The molecule has 1 fully saturated rings. The second-order valence-electron chi connectivity index (χ2n) is 4.52. The molecule has 0 bridgehead atoms. The predicted octanol–water partition coefficient (Wildman–Crippen LogP) is 0.689. The van der Waals surface area contributed by atoms with Crippen molar-refractivity contribution in [2.45, 2.75) is 45.3 Å². The Hall–Kier alpha value is -0.610. The molecule has 0 aromatic heterocycles. The molecule has 0 aliphatic carbocycles. The summed E-state index contributed by atoms with van der Waals surface area (Å²) in [5, 5.41) is 11.9. The number of aliphatic hydroxyl groups is 1. The Morgan fingerprint density at radius 1 is 1.60 bits per heavy atom. The van der Waals surface area contributed by atoms with Crippen molar-refractivity contribution in [3.05, 3.63) is 0 Å². The van der Waals surface area contributed by atoms with Crippen molar-refractivity contribution in [3.8, 4) is 0 Å². The third-order valence-electron chi connectivity index (χ3n) is 2.54. The average Bonchev–Trinajstić information content (AvgIpc) is 2.68. The Labute approximate surface area is 91.0 Å². The molecule has 0 radical (unpaired) electrons. The summed E-state index contributed by atoms with van der Waals surface area (Å²) in [6.07, 6.45) is 2.25. The standard InChI is InChI=1S/C11H21NO3/c1-8(2)6-9(7-13)12-11(14)10-4-3-5-15-10/h8-10,13H,3-7H2,1-2H3,(H,12,14)/t9?,10-/m1/s1. The molecule has 1 rings (SSSR count). The van der Waals surface area contributed by atoms with Crippen molar-refractivity contribution < 1.29 is 14.6 Å².